The van der Waals surface area contributed by atoms with Gasteiger partial charge in [-0.2, -0.15) is 0 Å². The maximum absolute atomic E-state index is 13.1. The van der Waals surface area contributed by atoms with Crippen molar-refractivity contribution in [3.8, 4) is 5.75 Å². The van der Waals surface area contributed by atoms with E-state index in [1.807, 2.05) is 26.8 Å². The van der Waals surface area contributed by atoms with Gasteiger partial charge in [0.1, 0.15) is 11.6 Å². The van der Waals surface area contributed by atoms with Gasteiger partial charge in [-0.25, -0.2) is 4.39 Å². The zero-order valence-corrected chi connectivity index (χ0v) is 11.9. The third-order valence-corrected chi connectivity index (χ3v) is 3.82. The Morgan fingerprint density at radius 3 is 2.63 bits per heavy atom. The fourth-order valence-corrected chi connectivity index (χ4v) is 2.80. The Morgan fingerprint density at radius 1 is 1.26 bits per heavy atom. The van der Waals surface area contributed by atoms with Gasteiger partial charge in [-0.05, 0) is 38.5 Å². The predicted molar refractivity (Wildman–Crippen MR) is 74.8 cm³/mol. The molecule has 0 aliphatic heterocycles. The zero-order chi connectivity index (χ0) is 14.0. The lowest BCUT2D eigenvalue weighted by Gasteiger charge is -2.08. The Hall–Kier alpha value is -1.68. The Kier molecular flexibility index (Phi) is 4.00. The summed E-state index contributed by atoms with van der Waals surface area (Å²) in [5, 5.41) is 0. The maximum Gasteiger partial charge on any atom is 0.201 e. The molecule has 4 heteroatoms. The summed E-state index contributed by atoms with van der Waals surface area (Å²) in [4.78, 5) is 14.1. The summed E-state index contributed by atoms with van der Waals surface area (Å²) < 4.78 is 18.5. The van der Waals surface area contributed by atoms with E-state index in [0.29, 0.717) is 11.3 Å². The summed E-state index contributed by atoms with van der Waals surface area (Å²) in [6.07, 6.45) is 0. The number of halogens is 1. The molecular weight excluding hydrogens is 263 g/mol. The number of ether oxygens (including phenoxy) is 1. The number of carbonyl (C=O) groups is 1. The average molecular weight is 278 g/mol. The molecule has 0 radical (unpaired) electrons. The van der Waals surface area contributed by atoms with Crippen molar-refractivity contribution in [1.82, 2.24) is 0 Å². The minimum atomic E-state index is -0.365. The Bertz CT molecular complexity index is 617. The number of aryl methyl sites for hydroxylation is 3. The van der Waals surface area contributed by atoms with Crippen molar-refractivity contribution < 1.29 is 13.9 Å². The molecule has 0 aliphatic carbocycles. The van der Waals surface area contributed by atoms with Crippen LogP contribution in [0.4, 0.5) is 4.39 Å². The molecule has 0 N–H and O–H groups in total. The van der Waals surface area contributed by atoms with Gasteiger partial charge in [0.25, 0.3) is 0 Å². The normalized spacial score (nSPS) is 10.5. The zero-order valence-electron chi connectivity index (χ0n) is 11.1. The van der Waals surface area contributed by atoms with Gasteiger partial charge in [0.05, 0.1) is 0 Å². The second-order valence-electron chi connectivity index (χ2n) is 4.45. The molecule has 2 nitrogen and oxygen atoms in total. The highest BCUT2D eigenvalue weighted by atomic mass is 32.1. The van der Waals surface area contributed by atoms with E-state index in [9.17, 15) is 9.18 Å². The van der Waals surface area contributed by atoms with E-state index in [0.717, 1.165) is 15.3 Å². The molecule has 1 heterocycles. The lowest BCUT2D eigenvalue weighted by atomic mass is 10.1. The van der Waals surface area contributed by atoms with E-state index in [2.05, 4.69) is 0 Å². The largest absolute Gasteiger partial charge is 0.485 e. The second kappa shape index (κ2) is 5.53. The average Bonchev–Trinajstić information content (AvgIpc) is 2.69. The minimum absolute atomic E-state index is 0.0681. The van der Waals surface area contributed by atoms with E-state index < -0.39 is 0 Å². The third-order valence-electron chi connectivity index (χ3n) is 2.85. The number of carbonyl (C=O) groups excluding carboxylic acids is 1. The minimum Gasteiger partial charge on any atom is -0.485 e. The van der Waals surface area contributed by atoms with Crippen LogP contribution >= 0.6 is 11.3 Å². The summed E-state index contributed by atoms with van der Waals surface area (Å²) in [6, 6.07) is 6.17. The SMILES string of the molecule is Cc1cc(C(=O)COc2cc(F)ccc2C)c(C)s1. The molecule has 2 aromatic rings. The number of ketones is 1. The van der Waals surface area contributed by atoms with Crippen LogP contribution in [0, 0.1) is 26.6 Å². The van der Waals surface area contributed by atoms with E-state index in [-0.39, 0.29) is 18.2 Å². The molecule has 0 atom stereocenters. The van der Waals surface area contributed by atoms with Crippen molar-refractivity contribution >= 4 is 17.1 Å². The number of hydrogen-bond donors (Lipinski definition) is 0. The highest BCUT2D eigenvalue weighted by Gasteiger charge is 2.13. The Labute approximate surface area is 115 Å². The van der Waals surface area contributed by atoms with Gasteiger partial charge in [0.15, 0.2) is 6.61 Å². The van der Waals surface area contributed by atoms with Gasteiger partial charge >= 0.3 is 0 Å². The van der Waals surface area contributed by atoms with Crippen molar-refractivity contribution in [2.24, 2.45) is 0 Å². The third kappa shape index (κ3) is 3.20. The van der Waals surface area contributed by atoms with E-state index in [1.54, 1.807) is 17.4 Å². The molecule has 0 amide bonds. The van der Waals surface area contributed by atoms with Crippen LogP contribution in [-0.2, 0) is 0 Å². The van der Waals surface area contributed by atoms with Crippen molar-refractivity contribution in [3.63, 3.8) is 0 Å². The number of thiophene rings is 1. The van der Waals surface area contributed by atoms with Crippen LogP contribution in [0.5, 0.6) is 5.75 Å². The first-order valence-corrected chi connectivity index (χ1v) is 6.78. The highest BCUT2D eigenvalue weighted by Crippen LogP contribution is 2.22. The molecule has 0 saturated heterocycles. The van der Waals surface area contributed by atoms with Gasteiger partial charge < -0.3 is 4.74 Å². The number of hydrogen-bond acceptors (Lipinski definition) is 3. The van der Waals surface area contributed by atoms with Crippen molar-refractivity contribution in [1.29, 1.82) is 0 Å². The lowest BCUT2D eigenvalue weighted by molar-refractivity contribution is 0.0920. The van der Waals surface area contributed by atoms with E-state index in [4.69, 9.17) is 4.74 Å². The van der Waals surface area contributed by atoms with E-state index >= 15 is 0 Å². The summed E-state index contributed by atoms with van der Waals surface area (Å²) in [7, 11) is 0. The van der Waals surface area contributed by atoms with Crippen molar-refractivity contribution in [2.75, 3.05) is 6.61 Å². The Balaban J connectivity index is 2.08. The summed E-state index contributed by atoms with van der Waals surface area (Å²) in [6.45, 7) is 5.63. The molecule has 0 bridgehead atoms. The number of Topliss-reactive ketones (excluding diaryl/α,β-unsaturated/α-hetero) is 1. The molecule has 0 saturated carbocycles. The van der Waals surface area contributed by atoms with Crippen molar-refractivity contribution in [3.05, 3.63) is 51.0 Å². The number of benzene rings is 1. The number of rotatable bonds is 4. The van der Waals surface area contributed by atoms with Gasteiger partial charge in [0, 0.05) is 21.4 Å². The van der Waals surface area contributed by atoms with Gasteiger partial charge in [0.2, 0.25) is 5.78 Å². The van der Waals surface area contributed by atoms with Crippen LogP contribution < -0.4 is 4.74 Å². The topological polar surface area (TPSA) is 26.3 Å². The van der Waals surface area contributed by atoms with Crippen LogP contribution in [0.15, 0.2) is 24.3 Å². The van der Waals surface area contributed by atoms with Crippen LogP contribution in [0.25, 0.3) is 0 Å². The monoisotopic (exact) mass is 278 g/mol. The Morgan fingerprint density at radius 2 is 2.00 bits per heavy atom. The van der Waals surface area contributed by atoms with Gasteiger partial charge in [-0.15, -0.1) is 11.3 Å². The molecule has 0 spiro atoms. The first kappa shape index (κ1) is 13.7. The quantitative estimate of drug-likeness (QED) is 0.788. The fraction of sp³-hybridized carbons (Fsp3) is 0.267. The molecule has 1 aromatic heterocycles. The van der Waals surface area contributed by atoms with Gasteiger partial charge in [-0.1, -0.05) is 6.07 Å². The molecule has 0 fully saturated rings. The maximum atomic E-state index is 13.1. The molecule has 19 heavy (non-hydrogen) atoms. The fourth-order valence-electron chi connectivity index (χ4n) is 1.86. The van der Waals surface area contributed by atoms with Crippen molar-refractivity contribution in [2.45, 2.75) is 20.8 Å². The second-order valence-corrected chi connectivity index (χ2v) is 5.91. The van der Waals surface area contributed by atoms with E-state index in [1.165, 1.54) is 12.1 Å². The molecule has 0 aliphatic rings. The van der Waals surface area contributed by atoms with Crippen LogP contribution in [0.2, 0.25) is 0 Å². The molecular formula is C15H15FO2S. The predicted octanol–water partition coefficient (Wildman–Crippen LogP) is 4.07. The summed E-state index contributed by atoms with van der Waals surface area (Å²) in [5.41, 5.74) is 1.50. The molecule has 1 aromatic carbocycles. The summed E-state index contributed by atoms with van der Waals surface area (Å²) >= 11 is 1.59. The highest BCUT2D eigenvalue weighted by molar-refractivity contribution is 7.12. The van der Waals surface area contributed by atoms with Crippen LogP contribution in [0.1, 0.15) is 25.7 Å². The standard InChI is InChI=1S/C15H15FO2S/c1-9-4-5-12(16)7-15(9)18-8-14(17)13-6-10(2)19-11(13)3/h4-7H,8H2,1-3H3. The molecule has 2 rings (SSSR count). The van der Waals surface area contributed by atoms with Crippen LogP contribution in [-0.4, -0.2) is 12.4 Å². The van der Waals surface area contributed by atoms with Gasteiger partial charge in [-0.3, -0.25) is 4.79 Å². The van der Waals surface area contributed by atoms with Crippen LogP contribution in [0.3, 0.4) is 0 Å². The lowest BCUT2D eigenvalue weighted by Crippen LogP contribution is -2.12. The first-order chi connectivity index (χ1) is 8.97. The smallest absolute Gasteiger partial charge is 0.201 e. The molecule has 0 unspecified atom stereocenters. The first-order valence-electron chi connectivity index (χ1n) is 5.96. The molecule has 100 valence electrons. The summed E-state index contributed by atoms with van der Waals surface area (Å²) in [5.74, 6) is -0.0286.